The maximum Gasteiger partial charge on any atom is 0.119 e. The van der Waals surface area contributed by atoms with Crippen molar-refractivity contribution in [3.63, 3.8) is 0 Å². The number of rotatable bonds is 5. The van der Waals surface area contributed by atoms with E-state index in [0.29, 0.717) is 6.10 Å². The van der Waals surface area contributed by atoms with Crippen molar-refractivity contribution >= 4 is 0 Å². The molecule has 0 aliphatic heterocycles. The zero-order chi connectivity index (χ0) is 18.6. The minimum absolute atomic E-state index is 0.0201. The summed E-state index contributed by atoms with van der Waals surface area (Å²) in [6.45, 7) is 0. The Balaban J connectivity index is 1.65. The van der Waals surface area contributed by atoms with Gasteiger partial charge in [0.25, 0.3) is 0 Å². The monoisotopic (exact) mass is 360 g/mol. The summed E-state index contributed by atoms with van der Waals surface area (Å²) in [6, 6.07) is 22.9. The molecule has 0 bridgehead atoms. The van der Waals surface area contributed by atoms with Gasteiger partial charge in [-0.25, -0.2) is 0 Å². The van der Waals surface area contributed by atoms with E-state index in [9.17, 15) is 10.2 Å². The van der Waals surface area contributed by atoms with Crippen molar-refractivity contribution in [2.45, 2.75) is 37.7 Å². The lowest BCUT2D eigenvalue weighted by molar-refractivity contribution is 0.210. The normalized spacial score (nSPS) is 14.6. The Labute approximate surface area is 159 Å². The first-order valence-electron chi connectivity index (χ1n) is 9.53. The zero-order valence-corrected chi connectivity index (χ0v) is 15.2. The number of benzene rings is 3. The van der Waals surface area contributed by atoms with Crippen molar-refractivity contribution in [3.8, 4) is 17.2 Å². The van der Waals surface area contributed by atoms with Crippen LogP contribution in [0.25, 0.3) is 0 Å². The van der Waals surface area contributed by atoms with Gasteiger partial charge in [-0.3, -0.25) is 0 Å². The van der Waals surface area contributed by atoms with Crippen LogP contribution in [0.5, 0.6) is 17.2 Å². The van der Waals surface area contributed by atoms with Crippen LogP contribution in [0.3, 0.4) is 0 Å². The van der Waals surface area contributed by atoms with Crippen LogP contribution >= 0.6 is 0 Å². The molecule has 0 spiro atoms. The van der Waals surface area contributed by atoms with Crippen LogP contribution in [0, 0.1) is 0 Å². The molecule has 3 nitrogen and oxygen atoms in total. The Morgan fingerprint density at radius 1 is 0.630 bits per heavy atom. The highest BCUT2D eigenvalue weighted by Crippen LogP contribution is 2.34. The largest absolute Gasteiger partial charge is 0.508 e. The van der Waals surface area contributed by atoms with Gasteiger partial charge in [0.05, 0.1) is 6.10 Å². The number of hydrogen-bond donors (Lipinski definition) is 2. The van der Waals surface area contributed by atoms with Crippen LogP contribution in [0.2, 0.25) is 0 Å². The summed E-state index contributed by atoms with van der Waals surface area (Å²) in [5.41, 5.74) is 3.32. The third-order valence-electron chi connectivity index (χ3n) is 5.27. The molecule has 0 radical (unpaired) electrons. The molecule has 1 fully saturated rings. The van der Waals surface area contributed by atoms with Crippen molar-refractivity contribution in [3.05, 3.63) is 89.5 Å². The van der Waals surface area contributed by atoms with Crippen molar-refractivity contribution in [1.29, 1.82) is 0 Å². The standard InChI is InChI=1S/C24H24O3/c25-20-11-5-17(6-12-20)24(18-7-13-21(26)14-8-18)19-9-15-23(16-10-19)27-22-3-1-2-4-22/h5-16,22,24-26H,1-4H2. The topological polar surface area (TPSA) is 49.7 Å². The van der Waals surface area contributed by atoms with E-state index in [4.69, 9.17) is 4.74 Å². The van der Waals surface area contributed by atoms with Gasteiger partial charge >= 0.3 is 0 Å². The molecule has 138 valence electrons. The van der Waals surface area contributed by atoms with Crippen LogP contribution in [0.15, 0.2) is 72.8 Å². The Morgan fingerprint density at radius 2 is 1.04 bits per heavy atom. The Kier molecular flexibility index (Phi) is 5.01. The zero-order valence-electron chi connectivity index (χ0n) is 15.2. The van der Waals surface area contributed by atoms with Crippen molar-refractivity contribution in [2.75, 3.05) is 0 Å². The first-order chi connectivity index (χ1) is 13.2. The fraction of sp³-hybridized carbons (Fsp3) is 0.250. The Morgan fingerprint density at radius 3 is 1.48 bits per heavy atom. The molecule has 0 amide bonds. The van der Waals surface area contributed by atoms with E-state index in [0.717, 1.165) is 35.3 Å². The van der Waals surface area contributed by atoms with Gasteiger partial charge in [-0.15, -0.1) is 0 Å². The summed E-state index contributed by atoms with van der Waals surface area (Å²) in [7, 11) is 0. The smallest absolute Gasteiger partial charge is 0.119 e. The number of ether oxygens (including phenoxy) is 1. The summed E-state index contributed by atoms with van der Waals surface area (Å²) in [6.07, 6.45) is 5.15. The summed E-state index contributed by atoms with van der Waals surface area (Å²) in [5, 5.41) is 19.3. The number of phenols is 2. The molecular weight excluding hydrogens is 336 g/mol. The fourth-order valence-corrected chi connectivity index (χ4v) is 3.85. The molecule has 3 aromatic carbocycles. The van der Waals surface area contributed by atoms with E-state index in [1.54, 1.807) is 24.3 Å². The lowest BCUT2D eigenvalue weighted by atomic mass is 9.85. The molecule has 4 rings (SSSR count). The molecule has 0 aromatic heterocycles. The van der Waals surface area contributed by atoms with Gasteiger partial charge < -0.3 is 14.9 Å². The minimum atomic E-state index is 0.0201. The molecule has 1 aliphatic carbocycles. The molecule has 1 aliphatic rings. The lowest BCUT2D eigenvalue weighted by Gasteiger charge is -2.20. The third kappa shape index (κ3) is 4.08. The second kappa shape index (κ2) is 7.75. The Bertz CT molecular complexity index is 816. The van der Waals surface area contributed by atoms with Gasteiger partial charge in [-0.05, 0) is 78.8 Å². The van der Waals surface area contributed by atoms with Gasteiger partial charge in [-0.2, -0.15) is 0 Å². The van der Waals surface area contributed by atoms with Gasteiger partial charge in [0.2, 0.25) is 0 Å². The highest BCUT2D eigenvalue weighted by Gasteiger charge is 2.19. The molecule has 0 atom stereocenters. The second-order valence-corrected chi connectivity index (χ2v) is 7.21. The summed E-state index contributed by atoms with van der Waals surface area (Å²) in [4.78, 5) is 0. The molecule has 0 unspecified atom stereocenters. The maximum atomic E-state index is 9.64. The van der Waals surface area contributed by atoms with E-state index in [1.165, 1.54) is 12.8 Å². The van der Waals surface area contributed by atoms with E-state index in [1.807, 2.05) is 36.4 Å². The second-order valence-electron chi connectivity index (χ2n) is 7.21. The van der Waals surface area contributed by atoms with Crippen LogP contribution in [0.4, 0.5) is 0 Å². The van der Waals surface area contributed by atoms with Gasteiger partial charge in [-0.1, -0.05) is 36.4 Å². The molecular formula is C24H24O3. The summed E-state index contributed by atoms with van der Waals surface area (Å²) >= 11 is 0. The van der Waals surface area contributed by atoms with Crippen molar-refractivity contribution in [2.24, 2.45) is 0 Å². The van der Waals surface area contributed by atoms with E-state index in [2.05, 4.69) is 12.1 Å². The quantitative estimate of drug-likeness (QED) is 0.582. The average molecular weight is 360 g/mol. The van der Waals surface area contributed by atoms with Crippen LogP contribution in [-0.4, -0.2) is 16.3 Å². The van der Waals surface area contributed by atoms with Crippen LogP contribution in [-0.2, 0) is 0 Å². The molecule has 27 heavy (non-hydrogen) atoms. The first-order valence-corrected chi connectivity index (χ1v) is 9.53. The van der Waals surface area contributed by atoms with Crippen molar-refractivity contribution in [1.82, 2.24) is 0 Å². The van der Waals surface area contributed by atoms with E-state index < -0.39 is 0 Å². The van der Waals surface area contributed by atoms with Crippen molar-refractivity contribution < 1.29 is 14.9 Å². The van der Waals surface area contributed by atoms with E-state index >= 15 is 0 Å². The highest BCUT2D eigenvalue weighted by molar-refractivity contribution is 5.46. The molecule has 2 N–H and O–H groups in total. The molecule has 3 aromatic rings. The average Bonchev–Trinajstić information content (AvgIpc) is 3.19. The molecule has 0 saturated heterocycles. The van der Waals surface area contributed by atoms with Gasteiger partial charge in [0.15, 0.2) is 0 Å². The Hall–Kier alpha value is -2.94. The summed E-state index contributed by atoms with van der Waals surface area (Å²) < 4.78 is 6.09. The third-order valence-corrected chi connectivity index (χ3v) is 5.27. The first kappa shape index (κ1) is 17.5. The highest BCUT2D eigenvalue weighted by atomic mass is 16.5. The minimum Gasteiger partial charge on any atom is -0.508 e. The van der Waals surface area contributed by atoms with Gasteiger partial charge in [0, 0.05) is 5.92 Å². The molecule has 1 saturated carbocycles. The van der Waals surface area contributed by atoms with E-state index in [-0.39, 0.29) is 17.4 Å². The predicted molar refractivity (Wildman–Crippen MR) is 106 cm³/mol. The molecule has 0 heterocycles. The number of phenolic OH excluding ortho intramolecular Hbond substituents is 2. The fourth-order valence-electron chi connectivity index (χ4n) is 3.85. The SMILES string of the molecule is Oc1ccc(C(c2ccc(O)cc2)c2ccc(OC3CCCC3)cc2)cc1. The van der Waals surface area contributed by atoms with Crippen LogP contribution in [0.1, 0.15) is 48.3 Å². The maximum absolute atomic E-state index is 9.64. The number of hydrogen-bond acceptors (Lipinski definition) is 3. The number of aromatic hydroxyl groups is 2. The lowest BCUT2D eigenvalue weighted by Crippen LogP contribution is -2.11. The van der Waals surface area contributed by atoms with Gasteiger partial charge in [0.1, 0.15) is 17.2 Å². The predicted octanol–water partition coefficient (Wildman–Crippen LogP) is 5.60. The van der Waals surface area contributed by atoms with Crippen LogP contribution < -0.4 is 4.74 Å². The molecule has 3 heteroatoms. The summed E-state index contributed by atoms with van der Waals surface area (Å²) in [5.74, 6) is 1.44.